The summed E-state index contributed by atoms with van der Waals surface area (Å²) in [6, 6.07) is 14.7. The lowest BCUT2D eigenvalue weighted by molar-refractivity contribution is -0.151. The van der Waals surface area contributed by atoms with Gasteiger partial charge in [-0.1, -0.05) is 62.4 Å². The van der Waals surface area contributed by atoms with Gasteiger partial charge in [0, 0.05) is 36.1 Å². The zero-order valence-electron chi connectivity index (χ0n) is 26.7. The predicted molar refractivity (Wildman–Crippen MR) is 172 cm³/mol. The minimum atomic E-state index is -1.36. The molecule has 3 atom stereocenters. The van der Waals surface area contributed by atoms with Gasteiger partial charge in [0.25, 0.3) is 0 Å². The van der Waals surface area contributed by atoms with E-state index in [1.54, 1.807) is 20.8 Å². The number of aromatic nitrogens is 1. The van der Waals surface area contributed by atoms with Crippen molar-refractivity contribution in [2.75, 3.05) is 13.2 Å². The van der Waals surface area contributed by atoms with Crippen LogP contribution >= 0.6 is 0 Å². The van der Waals surface area contributed by atoms with Gasteiger partial charge in [0.2, 0.25) is 5.91 Å². The topological polar surface area (TPSA) is 159 Å². The maximum Gasteiger partial charge on any atom is 0.407 e. The lowest BCUT2D eigenvalue weighted by Crippen LogP contribution is -2.54. The molecule has 0 saturated heterocycles. The Morgan fingerprint density at radius 1 is 0.933 bits per heavy atom. The first-order valence-corrected chi connectivity index (χ1v) is 15.3. The van der Waals surface area contributed by atoms with Crippen molar-refractivity contribution < 1.29 is 33.8 Å². The Morgan fingerprint density at radius 2 is 1.62 bits per heavy atom. The van der Waals surface area contributed by atoms with Crippen molar-refractivity contribution in [2.45, 2.75) is 84.0 Å². The van der Waals surface area contributed by atoms with E-state index in [1.165, 1.54) is 0 Å². The van der Waals surface area contributed by atoms with Crippen LogP contribution in [0.25, 0.3) is 10.9 Å². The molecule has 0 spiro atoms. The second-order valence-electron chi connectivity index (χ2n) is 12.6. The fraction of sp³-hybridized carbons (Fsp3) is 0.471. The molecule has 0 radical (unpaired) electrons. The number of aliphatic carboxylic acids is 1. The quantitative estimate of drug-likeness (QED) is 0.148. The number of fused-ring (bicyclic) bond motifs is 1. The maximum atomic E-state index is 13.5. The number of ether oxygens (including phenoxy) is 2. The molecular weight excluding hydrogens is 576 g/mol. The van der Waals surface area contributed by atoms with E-state index in [1.807, 2.05) is 74.6 Å². The average Bonchev–Trinajstić information content (AvgIpc) is 3.36. The van der Waals surface area contributed by atoms with Crippen LogP contribution in [0.5, 0.6) is 0 Å². The predicted octanol–water partition coefficient (Wildman–Crippen LogP) is 4.35. The molecule has 0 saturated carbocycles. The molecule has 0 unspecified atom stereocenters. The summed E-state index contributed by atoms with van der Waals surface area (Å²) in [5.74, 6) is -2.49. The van der Waals surface area contributed by atoms with E-state index in [9.17, 15) is 24.3 Å². The van der Waals surface area contributed by atoms with Gasteiger partial charge in [-0.2, -0.15) is 0 Å². The summed E-state index contributed by atoms with van der Waals surface area (Å²) in [5, 5.41) is 19.2. The van der Waals surface area contributed by atoms with Gasteiger partial charge in [-0.3, -0.25) is 9.59 Å². The van der Waals surface area contributed by atoms with Crippen LogP contribution in [-0.4, -0.2) is 70.9 Å². The first kappa shape index (κ1) is 35.1. The summed E-state index contributed by atoms with van der Waals surface area (Å²) in [7, 11) is 0. The Hall–Kier alpha value is -4.38. The zero-order valence-corrected chi connectivity index (χ0v) is 26.7. The average molecular weight is 623 g/mol. The molecule has 2 amide bonds. The van der Waals surface area contributed by atoms with E-state index in [-0.39, 0.29) is 19.1 Å². The van der Waals surface area contributed by atoms with Gasteiger partial charge < -0.3 is 35.5 Å². The van der Waals surface area contributed by atoms with Crippen molar-refractivity contribution in [1.29, 1.82) is 0 Å². The van der Waals surface area contributed by atoms with Crippen molar-refractivity contribution in [3.63, 3.8) is 0 Å². The van der Waals surface area contributed by atoms with Crippen LogP contribution in [0.2, 0.25) is 0 Å². The number of rotatable bonds is 16. The fourth-order valence-electron chi connectivity index (χ4n) is 4.91. The van der Waals surface area contributed by atoms with Crippen LogP contribution in [-0.2, 0) is 36.7 Å². The van der Waals surface area contributed by atoms with Gasteiger partial charge in [0.1, 0.15) is 11.6 Å². The zero-order chi connectivity index (χ0) is 33.0. The van der Waals surface area contributed by atoms with Gasteiger partial charge in [0.15, 0.2) is 0 Å². The molecule has 2 aromatic carbocycles. The molecule has 1 heterocycles. The summed E-state index contributed by atoms with van der Waals surface area (Å²) in [5.41, 5.74) is 2.22. The minimum absolute atomic E-state index is 0.0500. The van der Waals surface area contributed by atoms with Gasteiger partial charge in [-0.15, -0.1) is 0 Å². The number of benzene rings is 2. The number of H-pyrrole nitrogens is 1. The lowest BCUT2D eigenvalue weighted by atomic mass is 10.0. The molecule has 1 aromatic heterocycles. The van der Waals surface area contributed by atoms with Crippen molar-refractivity contribution in [3.05, 3.63) is 71.9 Å². The fourth-order valence-corrected chi connectivity index (χ4v) is 4.91. The SMILES string of the molecule is CC(C)C[C@H](NC[C@H](Cc1c[nH]c2ccccc12)NC(=O)OC(C)(C)C)C(=O)N[C@@H](CC(=O)O)C(=O)OCCc1ccccc1. The molecule has 0 aliphatic heterocycles. The maximum absolute atomic E-state index is 13.5. The monoisotopic (exact) mass is 622 g/mol. The molecule has 45 heavy (non-hydrogen) atoms. The largest absolute Gasteiger partial charge is 0.481 e. The van der Waals surface area contributed by atoms with Crippen LogP contribution in [0.4, 0.5) is 4.79 Å². The number of carboxylic acids is 1. The Kier molecular flexibility index (Phi) is 13.0. The van der Waals surface area contributed by atoms with Crippen molar-refractivity contribution in [1.82, 2.24) is 20.9 Å². The standard InChI is InChI=1S/C34H46N4O7/c1-22(2)17-28(31(41)38-29(19-30(39)40)32(42)44-16-15-23-11-7-6-8-12-23)36-21-25(37-33(43)45-34(3,4)5)18-24-20-35-27-14-10-9-13-26(24)27/h6-14,20,22,25,28-29,35-36H,15-19,21H2,1-5H3,(H,37,43)(H,38,41)(H,39,40)/t25-,28-,29-/m0/s1. The molecule has 3 rings (SSSR count). The van der Waals surface area contributed by atoms with Gasteiger partial charge in [-0.05, 0) is 56.7 Å². The van der Waals surface area contributed by atoms with E-state index in [4.69, 9.17) is 9.47 Å². The molecular formula is C34H46N4O7. The highest BCUT2D eigenvalue weighted by Gasteiger charge is 2.30. The summed E-state index contributed by atoms with van der Waals surface area (Å²) >= 11 is 0. The highest BCUT2D eigenvalue weighted by Crippen LogP contribution is 2.19. The third kappa shape index (κ3) is 12.3. The van der Waals surface area contributed by atoms with E-state index < -0.39 is 54.1 Å². The molecule has 244 valence electrons. The van der Waals surface area contributed by atoms with Crippen molar-refractivity contribution in [2.24, 2.45) is 5.92 Å². The molecule has 11 nitrogen and oxygen atoms in total. The van der Waals surface area contributed by atoms with E-state index in [0.717, 1.165) is 22.0 Å². The second kappa shape index (κ2) is 16.6. The van der Waals surface area contributed by atoms with Crippen LogP contribution in [0, 0.1) is 5.92 Å². The van der Waals surface area contributed by atoms with Crippen molar-refractivity contribution in [3.8, 4) is 0 Å². The molecule has 0 aliphatic rings. The van der Waals surface area contributed by atoms with Gasteiger partial charge >= 0.3 is 18.0 Å². The first-order chi connectivity index (χ1) is 21.3. The number of nitrogens with one attached hydrogen (secondary N) is 4. The normalized spacial score (nSPS) is 13.6. The van der Waals surface area contributed by atoms with Crippen LogP contribution < -0.4 is 16.0 Å². The Balaban J connectivity index is 1.71. The van der Waals surface area contributed by atoms with Gasteiger partial charge in [0.05, 0.1) is 19.1 Å². The van der Waals surface area contributed by atoms with Crippen LogP contribution in [0.3, 0.4) is 0 Å². The molecule has 0 bridgehead atoms. The number of carbonyl (C=O) groups excluding carboxylic acids is 3. The summed E-state index contributed by atoms with van der Waals surface area (Å²) < 4.78 is 10.8. The first-order valence-electron chi connectivity index (χ1n) is 15.3. The smallest absolute Gasteiger partial charge is 0.407 e. The van der Waals surface area contributed by atoms with Crippen LogP contribution in [0.15, 0.2) is 60.8 Å². The third-order valence-corrected chi connectivity index (χ3v) is 6.95. The number of carboxylic acid groups (broad SMARTS) is 1. The highest BCUT2D eigenvalue weighted by atomic mass is 16.6. The molecule has 0 fully saturated rings. The second-order valence-corrected chi connectivity index (χ2v) is 12.6. The number of amides is 2. The number of carbonyl (C=O) groups is 4. The number of esters is 1. The lowest BCUT2D eigenvalue weighted by Gasteiger charge is -2.27. The van der Waals surface area contributed by atoms with E-state index >= 15 is 0 Å². The Labute approximate surface area is 264 Å². The number of aromatic amines is 1. The Bertz CT molecular complexity index is 1410. The summed E-state index contributed by atoms with van der Waals surface area (Å²) in [6.07, 6.45) is 2.00. The summed E-state index contributed by atoms with van der Waals surface area (Å²) in [6.45, 7) is 9.50. The molecule has 0 aliphatic carbocycles. The van der Waals surface area contributed by atoms with Crippen molar-refractivity contribution >= 4 is 34.8 Å². The third-order valence-electron chi connectivity index (χ3n) is 6.95. The number of para-hydroxylation sites is 1. The highest BCUT2D eigenvalue weighted by molar-refractivity contribution is 5.90. The summed E-state index contributed by atoms with van der Waals surface area (Å²) in [4.78, 5) is 53.9. The van der Waals surface area contributed by atoms with E-state index in [2.05, 4.69) is 20.9 Å². The van der Waals surface area contributed by atoms with Gasteiger partial charge in [-0.25, -0.2) is 9.59 Å². The Morgan fingerprint density at radius 3 is 2.29 bits per heavy atom. The minimum Gasteiger partial charge on any atom is -0.481 e. The number of hydrogen-bond donors (Lipinski definition) is 5. The van der Waals surface area contributed by atoms with E-state index in [0.29, 0.717) is 19.3 Å². The molecule has 11 heteroatoms. The molecule has 3 aromatic rings. The number of hydrogen-bond acceptors (Lipinski definition) is 7. The number of alkyl carbamates (subject to hydrolysis) is 1. The molecule has 5 N–H and O–H groups in total. The van der Waals surface area contributed by atoms with Crippen LogP contribution in [0.1, 0.15) is 58.6 Å².